The van der Waals surface area contributed by atoms with Gasteiger partial charge in [0.15, 0.2) is 0 Å². The van der Waals surface area contributed by atoms with Gasteiger partial charge in [-0.1, -0.05) is 15.9 Å². The minimum absolute atomic E-state index is 0.227. The molecular formula is C6H7BrI2O3. The molecule has 0 N–H and O–H groups in total. The highest BCUT2D eigenvalue weighted by molar-refractivity contribution is 14.2. The Balaban J connectivity index is 3.68. The number of halogens is 3. The van der Waals surface area contributed by atoms with E-state index in [1.54, 1.807) is 13.0 Å². The molecule has 0 saturated carbocycles. The zero-order chi connectivity index (χ0) is 9.61. The van der Waals surface area contributed by atoms with Crippen LogP contribution in [0.15, 0.2) is 12.3 Å². The van der Waals surface area contributed by atoms with Crippen LogP contribution in [0.3, 0.4) is 0 Å². The molecule has 0 spiro atoms. The lowest BCUT2D eigenvalue weighted by Crippen LogP contribution is -2.03. The molecule has 0 atom stereocenters. The maximum Gasteiger partial charge on any atom is 0.513 e. The molecule has 0 fully saturated rings. The Hall–Kier alpha value is 0.950. The Labute approximate surface area is 107 Å². The van der Waals surface area contributed by atoms with Gasteiger partial charge in [0.2, 0.25) is 0 Å². The lowest BCUT2D eigenvalue weighted by atomic mass is 10.7. The highest BCUT2D eigenvalue weighted by atomic mass is 127. The van der Waals surface area contributed by atoms with Gasteiger partial charge in [0.1, 0.15) is 0.338 Å². The van der Waals surface area contributed by atoms with Gasteiger partial charge < -0.3 is 9.47 Å². The fraction of sp³-hybridized carbons (Fsp3) is 0.500. The molecule has 12 heavy (non-hydrogen) atoms. The van der Waals surface area contributed by atoms with Gasteiger partial charge in [-0.15, -0.1) is 0 Å². The van der Waals surface area contributed by atoms with E-state index >= 15 is 0 Å². The lowest BCUT2D eigenvalue weighted by Gasteiger charge is -2.03. The predicted octanol–water partition coefficient (Wildman–Crippen LogP) is 3.59. The summed E-state index contributed by atoms with van der Waals surface area (Å²) in [7, 11) is 0. The van der Waals surface area contributed by atoms with Gasteiger partial charge in [-0.25, -0.2) is 4.79 Å². The molecule has 0 aromatic rings. The molecule has 0 heterocycles. The Bertz CT molecular complexity index is 176. The van der Waals surface area contributed by atoms with Gasteiger partial charge in [0.25, 0.3) is 0 Å². The van der Waals surface area contributed by atoms with E-state index < -0.39 is 6.16 Å². The van der Waals surface area contributed by atoms with Crippen molar-refractivity contribution in [2.45, 2.75) is 7.26 Å². The van der Waals surface area contributed by atoms with Crippen molar-refractivity contribution >= 4 is 67.3 Å². The number of ether oxygens (including phenoxy) is 2. The first-order chi connectivity index (χ1) is 5.45. The molecule has 0 aliphatic heterocycles. The average Bonchev–Trinajstić information content (AvgIpc) is 1.84. The molecular weight excluding hydrogens is 454 g/mol. The maximum absolute atomic E-state index is 10.6. The minimum atomic E-state index is -0.682. The molecule has 0 amide bonds. The van der Waals surface area contributed by atoms with Crippen LogP contribution < -0.4 is 0 Å². The standard InChI is InChI=1S/C6H7BrI2O3/c1-2-11-5(10)12-4-3-6(7,8)9/h3-4H,2H2,1H3. The van der Waals surface area contributed by atoms with Gasteiger partial charge in [-0.05, 0) is 58.2 Å². The SMILES string of the molecule is CCOC(=O)OC=CC(Br)(I)I. The monoisotopic (exact) mass is 460 g/mol. The van der Waals surface area contributed by atoms with Gasteiger partial charge in [-0.3, -0.25) is 0 Å². The molecule has 0 rings (SSSR count). The highest BCUT2D eigenvalue weighted by Crippen LogP contribution is 2.35. The first kappa shape index (κ1) is 12.9. The van der Waals surface area contributed by atoms with E-state index in [1.807, 2.05) is 0 Å². The minimum Gasteiger partial charge on any atom is -0.434 e. The third-order valence-corrected chi connectivity index (χ3v) is 1.67. The first-order valence-corrected chi connectivity index (χ1v) is 5.98. The van der Waals surface area contributed by atoms with E-state index in [1.165, 1.54) is 6.26 Å². The number of alkyl halides is 3. The molecule has 70 valence electrons. The third kappa shape index (κ3) is 9.04. The van der Waals surface area contributed by atoms with E-state index in [-0.39, 0.29) is 0.338 Å². The van der Waals surface area contributed by atoms with E-state index in [0.29, 0.717) is 6.61 Å². The van der Waals surface area contributed by atoms with E-state index in [2.05, 4.69) is 70.6 Å². The molecule has 0 aromatic heterocycles. The van der Waals surface area contributed by atoms with E-state index in [9.17, 15) is 4.79 Å². The van der Waals surface area contributed by atoms with Crippen molar-refractivity contribution in [1.29, 1.82) is 0 Å². The Morgan fingerprint density at radius 3 is 2.67 bits per heavy atom. The molecule has 0 bridgehead atoms. The van der Waals surface area contributed by atoms with Crippen LogP contribution in [0, 0.1) is 0 Å². The van der Waals surface area contributed by atoms with E-state index in [0.717, 1.165) is 0 Å². The molecule has 6 heteroatoms. The summed E-state index contributed by atoms with van der Waals surface area (Å²) in [6.07, 6.45) is 2.30. The molecule has 0 unspecified atom stereocenters. The maximum atomic E-state index is 10.6. The lowest BCUT2D eigenvalue weighted by molar-refractivity contribution is 0.0893. The second-order valence-corrected chi connectivity index (χ2v) is 11.3. The van der Waals surface area contributed by atoms with Crippen molar-refractivity contribution in [1.82, 2.24) is 0 Å². The summed E-state index contributed by atoms with van der Waals surface area (Å²) in [5.74, 6) is 0. The Morgan fingerprint density at radius 1 is 1.67 bits per heavy atom. The zero-order valence-electron chi connectivity index (χ0n) is 6.22. The van der Waals surface area contributed by atoms with Crippen LogP contribution in [-0.4, -0.2) is 13.1 Å². The van der Waals surface area contributed by atoms with Crippen molar-refractivity contribution in [2.75, 3.05) is 6.61 Å². The van der Waals surface area contributed by atoms with Crippen molar-refractivity contribution in [2.24, 2.45) is 0 Å². The van der Waals surface area contributed by atoms with Crippen molar-refractivity contribution in [3.05, 3.63) is 12.3 Å². The number of allylic oxidation sites excluding steroid dienone is 1. The average molecular weight is 461 g/mol. The summed E-state index contributed by atoms with van der Waals surface area (Å²) in [6.45, 7) is 2.04. The zero-order valence-corrected chi connectivity index (χ0v) is 12.1. The van der Waals surface area contributed by atoms with Crippen molar-refractivity contribution in [3.8, 4) is 0 Å². The van der Waals surface area contributed by atoms with Crippen molar-refractivity contribution < 1.29 is 14.3 Å². The predicted molar refractivity (Wildman–Crippen MR) is 66.9 cm³/mol. The summed E-state index contributed by atoms with van der Waals surface area (Å²) in [5.41, 5.74) is 0. The molecule has 0 saturated heterocycles. The Morgan fingerprint density at radius 2 is 2.25 bits per heavy atom. The van der Waals surface area contributed by atoms with Crippen LogP contribution in [0.2, 0.25) is 0 Å². The quantitative estimate of drug-likeness (QED) is 0.279. The summed E-state index contributed by atoms with van der Waals surface area (Å²) in [5, 5.41) is 0. The van der Waals surface area contributed by atoms with Crippen LogP contribution in [-0.2, 0) is 9.47 Å². The Kier molecular flexibility index (Phi) is 6.92. The van der Waals surface area contributed by atoms with E-state index in [4.69, 9.17) is 0 Å². The number of carbonyl (C=O) groups is 1. The van der Waals surface area contributed by atoms with Gasteiger partial charge >= 0.3 is 6.16 Å². The molecule has 0 aromatic carbocycles. The van der Waals surface area contributed by atoms with Gasteiger partial charge in [0.05, 0.1) is 12.9 Å². The molecule has 0 radical (unpaired) electrons. The van der Waals surface area contributed by atoms with Gasteiger partial charge in [-0.2, -0.15) is 0 Å². The number of hydrogen-bond acceptors (Lipinski definition) is 3. The highest BCUT2D eigenvalue weighted by Gasteiger charge is 2.12. The largest absolute Gasteiger partial charge is 0.513 e. The molecule has 3 nitrogen and oxygen atoms in total. The second-order valence-electron chi connectivity index (χ2n) is 1.65. The fourth-order valence-corrected chi connectivity index (χ4v) is 0.720. The number of hydrogen-bond donors (Lipinski definition) is 0. The van der Waals surface area contributed by atoms with Crippen LogP contribution >= 0.6 is 61.1 Å². The van der Waals surface area contributed by atoms with Crippen LogP contribution in [0.5, 0.6) is 0 Å². The smallest absolute Gasteiger partial charge is 0.434 e. The van der Waals surface area contributed by atoms with Crippen LogP contribution in [0.4, 0.5) is 4.79 Å². The normalized spacial score (nSPS) is 11.7. The van der Waals surface area contributed by atoms with Crippen LogP contribution in [0.1, 0.15) is 6.92 Å². The molecule has 0 aliphatic carbocycles. The second kappa shape index (κ2) is 6.41. The summed E-state index contributed by atoms with van der Waals surface area (Å²) < 4.78 is 8.87. The summed E-state index contributed by atoms with van der Waals surface area (Å²) in [4.78, 5) is 10.6. The van der Waals surface area contributed by atoms with Gasteiger partial charge in [0, 0.05) is 0 Å². The third-order valence-electron chi connectivity index (χ3n) is 0.683. The number of rotatable bonds is 3. The number of carbonyl (C=O) groups excluding carboxylic acids is 1. The summed E-state index contributed by atoms with van der Waals surface area (Å²) >= 11 is 7.58. The van der Waals surface area contributed by atoms with Crippen LogP contribution in [0.25, 0.3) is 0 Å². The molecule has 0 aliphatic rings. The van der Waals surface area contributed by atoms with Crippen molar-refractivity contribution in [3.63, 3.8) is 0 Å². The topological polar surface area (TPSA) is 35.5 Å². The first-order valence-electron chi connectivity index (χ1n) is 3.03. The fourth-order valence-electron chi connectivity index (χ4n) is 0.319. The summed E-state index contributed by atoms with van der Waals surface area (Å²) in [6, 6.07) is 0.